The molecule has 1 aromatic heterocycles. The van der Waals surface area contributed by atoms with Crippen LogP contribution in [-0.4, -0.2) is 47.1 Å². The van der Waals surface area contributed by atoms with E-state index in [1.807, 2.05) is 0 Å². The number of amides is 2. The van der Waals surface area contributed by atoms with E-state index < -0.39 is 5.97 Å². The van der Waals surface area contributed by atoms with Crippen molar-refractivity contribution in [2.75, 3.05) is 20.1 Å². The van der Waals surface area contributed by atoms with E-state index in [0.717, 1.165) is 13.0 Å². The minimum atomic E-state index is -1.02. The number of nitrogens with one attached hydrogen (secondary N) is 1. The maximum Gasteiger partial charge on any atom is 0.355 e. The molecule has 2 N–H and O–H groups in total. The van der Waals surface area contributed by atoms with Gasteiger partial charge in [-0.15, -0.1) is 11.3 Å². The molecule has 0 saturated carbocycles. The maximum atomic E-state index is 11.8. The van der Waals surface area contributed by atoms with E-state index in [9.17, 15) is 9.59 Å². The molecular formula is C13H21N3O3S. The fourth-order valence-electron chi connectivity index (χ4n) is 1.61. The molecule has 1 rings (SSSR count). The van der Waals surface area contributed by atoms with Gasteiger partial charge in [0.15, 0.2) is 5.69 Å². The summed E-state index contributed by atoms with van der Waals surface area (Å²) in [4.78, 5) is 28.1. The highest BCUT2D eigenvalue weighted by Crippen LogP contribution is 2.10. The van der Waals surface area contributed by atoms with Crippen molar-refractivity contribution in [1.29, 1.82) is 0 Å². The van der Waals surface area contributed by atoms with Gasteiger partial charge in [0.2, 0.25) is 0 Å². The Morgan fingerprint density at radius 2 is 2.25 bits per heavy atom. The van der Waals surface area contributed by atoms with Crippen LogP contribution in [0.2, 0.25) is 0 Å². The number of hydrogen-bond acceptors (Lipinski definition) is 4. The van der Waals surface area contributed by atoms with Crippen LogP contribution in [-0.2, 0) is 6.42 Å². The zero-order chi connectivity index (χ0) is 15.1. The van der Waals surface area contributed by atoms with Crippen molar-refractivity contribution in [2.24, 2.45) is 5.92 Å². The SMILES string of the molecule is CCC(C)CN(C)C(=O)NCCc1nc(C(=O)O)cs1. The molecule has 112 valence electrons. The van der Waals surface area contributed by atoms with E-state index in [4.69, 9.17) is 5.11 Å². The molecule has 0 aliphatic carbocycles. The van der Waals surface area contributed by atoms with Crippen molar-refractivity contribution in [3.05, 3.63) is 16.1 Å². The molecule has 20 heavy (non-hydrogen) atoms. The van der Waals surface area contributed by atoms with Gasteiger partial charge >= 0.3 is 12.0 Å². The Morgan fingerprint density at radius 1 is 1.55 bits per heavy atom. The predicted molar refractivity (Wildman–Crippen MR) is 78.3 cm³/mol. The lowest BCUT2D eigenvalue weighted by Crippen LogP contribution is -2.40. The molecule has 0 radical (unpaired) electrons. The zero-order valence-corrected chi connectivity index (χ0v) is 12.9. The van der Waals surface area contributed by atoms with Gasteiger partial charge in [0.1, 0.15) is 0 Å². The summed E-state index contributed by atoms with van der Waals surface area (Å²) >= 11 is 1.30. The first kappa shape index (κ1) is 16.4. The Morgan fingerprint density at radius 3 is 2.80 bits per heavy atom. The minimum Gasteiger partial charge on any atom is -0.476 e. The molecular weight excluding hydrogens is 278 g/mol. The second-order valence-electron chi connectivity index (χ2n) is 4.81. The Bertz CT molecular complexity index is 461. The molecule has 1 atom stereocenters. The Kier molecular flexibility index (Phi) is 6.44. The van der Waals surface area contributed by atoms with Crippen molar-refractivity contribution in [3.63, 3.8) is 0 Å². The van der Waals surface area contributed by atoms with Crippen LogP contribution in [0.4, 0.5) is 4.79 Å². The number of carbonyl (C=O) groups excluding carboxylic acids is 1. The van der Waals surface area contributed by atoms with Crippen LogP contribution in [0.3, 0.4) is 0 Å². The fraction of sp³-hybridized carbons (Fsp3) is 0.615. The maximum absolute atomic E-state index is 11.8. The van der Waals surface area contributed by atoms with Gasteiger partial charge < -0.3 is 15.3 Å². The number of rotatable bonds is 7. The van der Waals surface area contributed by atoms with Gasteiger partial charge in [0.25, 0.3) is 0 Å². The van der Waals surface area contributed by atoms with Crippen LogP contribution in [0.1, 0.15) is 35.8 Å². The third-order valence-electron chi connectivity index (χ3n) is 3.02. The van der Waals surface area contributed by atoms with Crippen molar-refractivity contribution in [3.8, 4) is 0 Å². The largest absolute Gasteiger partial charge is 0.476 e. The average Bonchev–Trinajstić information content (AvgIpc) is 2.87. The van der Waals surface area contributed by atoms with Crippen molar-refractivity contribution in [1.82, 2.24) is 15.2 Å². The van der Waals surface area contributed by atoms with Crippen LogP contribution >= 0.6 is 11.3 Å². The molecule has 0 aromatic carbocycles. The molecule has 7 heteroatoms. The van der Waals surface area contributed by atoms with Gasteiger partial charge in [-0.05, 0) is 5.92 Å². The van der Waals surface area contributed by atoms with Crippen LogP contribution in [0.5, 0.6) is 0 Å². The normalized spacial score (nSPS) is 11.9. The summed E-state index contributed by atoms with van der Waals surface area (Å²) in [6.07, 6.45) is 1.58. The topological polar surface area (TPSA) is 82.5 Å². The van der Waals surface area contributed by atoms with Crippen molar-refractivity contribution >= 4 is 23.3 Å². The molecule has 1 aromatic rings. The van der Waals surface area contributed by atoms with Gasteiger partial charge in [-0.3, -0.25) is 0 Å². The minimum absolute atomic E-state index is 0.0604. The highest BCUT2D eigenvalue weighted by Gasteiger charge is 2.12. The summed E-state index contributed by atoms with van der Waals surface area (Å²) in [7, 11) is 1.77. The number of thiazole rings is 1. The molecule has 1 heterocycles. The summed E-state index contributed by atoms with van der Waals surface area (Å²) in [6, 6.07) is -0.111. The number of carboxylic acids is 1. The first-order valence-corrected chi connectivity index (χ1v) is 7.48. The molecule has 0 aliphatic rings. The Labute approximate surface area is 122 Å². The van der Waals surface area contributed by atoms with Gasteiger partial charge in [0.05, 0.1) is 5.01 Å². The summed E-state index contributed by atoms with van der Waals surface area (Å²) in [5.41, 5.74) is 0.0604. The van der Waals surface area contributed by atoms with E-state index in [1.165, 1.54) is 16.7 Å². The predicted octanol–water partition coefficient (Wildman–Crippen LogP) is 2.07. The number of carbonyl (C=O) groups is 2. The van der Waals surface area contributed by atoms with Gasteiger partial charge in [-0.1, -0.05) is 20.3 Å². The first-order chi connectivity index (χ1) is 9.43. The smallest absolute Gasteiger partial charge is 0.355 e. The van der Waals surface area contributed by atoms with Crippen LogP contribution < -0.4 is 5.32 Å². The number of urea groups is 1. The number of nitrogens with zero attached hydrogens (tertiary/aromatic N) is 2. The van der Waals surface area contributed by atoms with Crippen molar-refractivity contribution < 1.29 is 14.7 Å². The van der Waals surface area contributed by atoms with Crippen LogP contribution in [0.15, 0.2) is 5.38 Å². The van der Waals surface area contributed by atoms with Crippen LogP contribution in [0, 0.1) is 5.92 Å². The second kappa shape index (κ2) is 7.84. The van der Waals surface area contributed by atoms with Gasteiger partial charge in [-0.25, -0.2) is 14.6 Å². The molecule has 0 fully saturated rings. The van der Waals surface area contributed by atoms with Gasteiger partial charge in [0, 0.05) is 31.9 Å². The summed E-state index contributed by atoms with van der Waals surface area (Å²) in [5, 5.41) is 13.8. The summed E-state index contributed by atoms with van der Waals surface area (Å²) in [6.45, 7) is 5.38. The quantitative estimate of drug-likeness (QED) is 0.807. The standard InChI is InChI=1S/C13H21N3O3S/c1-4-9(2)7-16(3)13(19)14-6-5-11-15-10(8-20-11)12(17)18/h8-9H,4-7H2,1-3H3,(H,14,19)(H,17,18). The highest BCUT2D eigenvalue weighted by atomic mass is 32.1. The van der Waals surface area contributed by atoms with Crippen molar-refractivity contribution in [2.45, 2.75) is 26.7 Å². The van der Waals surface area contributed by atoms with E-state index >= 15 is 0 Å². The van der Waals surface area contributed by atoms with E-state index in [0.29, 0.717) is 23.9 Å². The average molecular weight is 299 g/mol. The Balaban J connectivity index is 2.32. The number of carboxylic acid groups (broad SMARTS) is 1. The van der Waals surface area contributed by atoms with E-state index in [1.54, 1.807) is 11.9 Å². The molecule has 0 spiro atoms. The fourth-order valence-corrected chi connectivity index (χ4v) is 2.39. The lowest BCUT2D eigenvalue weighted by Gasteiger charge is -2.21. The monoisotopic (exact) mass is 299 g/mol. The van der Waals surface area contributed by atoms with Gasteiger partial charge in [-0.2, -0.15) is 0 Å². The highest BCUT2D eigenvalue weighted by molar-refractivity contribution is 7.09. The molecule has 1 unspecified atom stereocenters. The molecule has 0 saturated heterocycles. The third-order valence-corrected chi connectivity index (χ3v) is 3.92. The zero-order valence-electron chi connectivity index (χ0n) is 12.0. The number of hydrogen-bond donors (Lipinski definition) is 2. The summed E-state index contributed by atoms with van der Waals surface area (Å²) in [5.74, 6) is -0.548. The lowest BCUT2D eigenvalue weighted by molar-refractivity contribution is 0.0691. The van der Waals surface area contributed by atoms with Crippen LogP contribution in [0.25, 0.3) is 0 Å². The molecule has 2 amide bonds. The molecule has 0 aliphatic heterocycles. The number of aromatic nitrogens is 1. The summed E-state index contributed by atoms with van der Waals surface area (Å²) < 4.78 is 0. The first-order valence-electron chi connectivity index (χ1n) is 6.60. The van der Waals surface area contributed by atoms with E-state index in [2.05, 4.69) is 24.1 Å². The number of aromatic carboxylic acids is 1. The lowest BCUT2D eigenvalue weighted by atomic mass is 10.1. The Hall–Kier alpha value is -1.63. The second-order valence-corrected chi connectivity index (χ2v) is 5.75. The van der Waals surface area contributed by atoms with E-state index in [-0.39, 0.29) is 11.7 Å². The molecule has 0 bridgehead atoms. The third kappa shape index (κ3) is 5.16. The molecule has 6 nitrogen and oxygen atoms in total.